The monoisotopic (exact) mass is 433 g/mol. The maximum Gasteiger partial charge on any atom is 0.251 e. The first-order valence-electron chi connectivity index (χ1n) is 9.11. The Labute approximate surface area is 169 Å². The summed E-state index contributed by atoms with van der Waals surface area (Å²) in [6.45, 7) is 6.71. The molecule has 2 aromatic rings. The van der Waals surface area contributed by atoms with Crippen molar-refractivity contribution in [3.63, 3.8) is 0 Å². The smallest absolute Gasteiger partial charge is 0.251 e. The zero-order valence-corrected chi connectivity index (χ0v) is 18.0. The van der Waals surface area contributed by atoms with Crippen molar-refractivity contribution in [1.29, 1.82) is 0 Å². The Hall–Kier alpha value is -2.28. The van der Waals surface area contributed by atoms with Crippen LogP contribution in [0.4, 0.5) is 0 Å². The highest BCUT2D eigenvalue weighted by Gasteiger charge is 2.10. The number of benzene rings is 1. The molecule has 0 atom stereocenters. The van der Waals surface area contributed by atoms with Crippen molar-refractivity contribution < 1.29 is 4.79 Å². The minimum Gasteiger partial charge on any atom is -0.357 e. The van der Waals surface area contributed by atoms with E-state index in [0.717, 1.165) is 29.1 Å². The van der Waals surface area contributed by atoms with Crippen LogP contribution >= 0.6 is 15.9 Å². The Bertz CT molecular complexity index is 782. The summed E-state index contributed by atoms with van der Waals surface area (Å²) in [5, 5.41) is 6.14. The predicted molar refractivity (Wildman–Crippen MR) is 114 cm³/mol. The van der Waals surface area contributed by atoms with Gasteiger partial charge in [-0.15, -0.1) is 0 Å². The minimum absolute atomic E-state index is 0.0469. The van der Waals surface area contributed by atoms with Crippen LogP contribution < -0.4 is 10.6 Å². The standard InChI is InChI=1S/C20H28BrN5O/c1-5-22-19(27)16-9-7-15(8-10-16)12-24-20(23-6-2)26(4)14-18-11-17(21)13-25(18)3/h7-11,13H,5-6,12,14H2,1-4H3,(H,22,27)(H,23,24). The van der Waals surface area contributed by atoms with Gasteiger partial charge in [0.2, 0.25) is 0 Å². The average molecular weight is 434 g/mol. The van der Waals surface area contributed by atoms with E-state index in [4.69, 9.17) is 4.99 Å². The molecule has 0 unspecified atom stereocenters. The van der Waals surface area contributed by atoms with Crippen molar-refractivity contribution in [1.82, 2.24) is 20.1 Å². The van der Waals surface area contributed by atoms with Crippen molar-refractivity contribution >= 4 is 27.8 Å². The van der Waals surface area contributed by atoms with Crippen molar-refractivity contribution in [2.75, 3.05) is 20.1 Å². The van der Waals surface area contributed by atoms with Gasteiger partial charge in [0, 0.05) is 49.1 Å². The van der Waals surface area contributed by atoms with Crippen LogP contribution in [0.1, 0.15) is 35.5 Å². The van der Waals surface area contributed by atoms with Gasteiger partial charge < -0.3 is 20.1 Å². The molecule has 27 heavy (non-hydrogen) atoms. The van der Waals surface area contributed by atoms with Crippen LogP contribution in [0.25, 0.3) is 0 Å². The van der Waals surface area contributed by atoms with Gasteiger partial charge in [-0.3, -0.25) is 4.79 Å². The predicted octanol–water partition coefficient (Wildman–Crippen LogP) is 3.13. The molecule has 1 aromatic heterocycles. The Morgan fingerprint density at radius 2 is 1.85 bits per heavy atom. The summed E-state index contributed by atoms with van der Waals surface area (Å²) < 4.78 is 3.17. The number of halogens is 1. The van der Waals surface area contributed by atoms with E-state index in [9.17, 15) is 4.79 Å². The molecule has 6 nitrogen and oxygen atoms in total. The van der Waals surface area contributed by atoms with Gasteiger partial charge in [-0.05, 0) is 53.5 Å². The number of aryl methyl sites for hydroxylation is 1. The summed E-state index contributed by atoms with van der Waals surface area (Å²) in [5.74, 6) is 0.803. The fraction of sp³-hybridized carbons (Fsp3) is 0.400. The molecular formula is C20H28BrN5O. The van der Waals surface area contributed by atoms with E-state index >= 15 is 0 Å². The SMILES string of the molecule is CCNC(=O)c1ccc(CN=C(NCC)N(C)Cc2cc(Br)cn2C)cc1. The molecule has 0 spiro atoms. The van der Waals surface area contributed by atoms with E-state index in [1.165, 1.54) is 5.69 Å². The topological polar surface area (TPSA) is 61.7 Å². The maximum absolute atomic E-state index is 11.8. The highest BCUT2D eigenvalue weighted by molar-refractivity contribution is 9.10. The van der Waals surface area contributed by atoms with Gasteiger partial charge in [-0.25, -0.2) is 4.99 Å². The number of amides is 1. The quantitative estimate of drug-likeness (QED) is 0.520. The normalized spacial score (nSPS) is 11.4. The second-order valence-electron chi connectivity index (χ2n) is 6.34. The minimum atomic E-state index is -0.0469. The zero-order chi connectivity index (χ0) is 19.8. The van der Waals surface area contributed by atoms with Crippen molar-refractivity contribution in [2.45, 2.75) is 26.9 Å². The molecule has 0 radical (unpaired) electrons. The van der Waals surface area contributed by atoms with Crippen LogP contribution in [0, 0.1) is 0 Å². The highest BCUT2D eigenvalue weighted by atomic mass is 79.9. The maximum atomic E-state index is 11.8. The summed E-state index contributed by atoms with van der Waals surface area (Å²) in [7, 11) is 4.06. The molecule has 1 aromatic carbocycles. The van der Waals surface area contributed by atoms with Gasteiger partial charge in [0.25, 0.3) is 5.91 Å². The molecule has 0 bridgehead atoms. The summed E-state index contributed by atoms with van der Waals surface area (Å²) in [6, 6.07) is 9.69. The number of hydrogen-bond donors (Lipinski definition) is 2. The molecule has 146 valence electrons. The van der Waals surface area contributed by atoms with E-state index in [1.54, 1.807) is 0 Å². The number of carbonyl (C=O) groups is 1. The zero-order valence-electron chi connectivity index (χ0n) is 16.4. The molecule has 1 heterocycles. The van der Waals surface area contributed by atoms with E-state index < -0.39 is 0 Å². The van der Waals surface area contributed by atoms with Crippen LogP contribution in [-0.2, 0) is 20.1 Å². The largest absolute Gasteiger partial charge is 0.357 e. The van der Waals surface area contributed by atoms with Crippen LogP contribution in [0.15, 0.2) is 46.0 Å². The van der Waals surface area contributed by atoms with Gasteiger partial charge in [0.05, 0.1) is 13.1 Å². The third-order valence-electron chi connectivity index (χ3n) is 4.14. The van der Waals surface area contributed by atoms with Crippen molar-refractivity contribution in [2.24, 2.45) is 12.0 Å². The second-order valence-corrected chi connectivity index (χ2v) is 7.26. The fourth-order valence-corrected chi connectivity index (χ4v) is 3.27. The molecule has 1 amide bonds. The molecule has 0 saturated carbocycles. The molecule has 0 aliphatic carbocycles. The first-order chi connectivity index (χ1) is 12.9. The molecular weight excluding hydrogens is 406 g/mol. The number of aromatic nitrogens is 1. The summed E-state index contributed by atoms with van der Waals surface area (Å²) in [6.07, 6.45) is 2.05. The number of rotatable bonds is 7. The number of nitrogens with zero attached hydrogens (tertiary/aromatic N) is 3. The fourth-order valence-electron chi connectivity index (χ4n) is 2.70. The Morgan fingerprint density at radius 1 is 1.19 bits per heavy atom. The average Bonchev–Trinajstić information content (AvgIpc) is 2.96. The molecule has 0 aliphatic heterocycles. The number of nitrogens with one attached hydrogen (secondary N) is 2. The molecule has 7 heteroatoms. The van der Waals surface area contributed by atoms with Gasteiger partial charge in [0.15, 0.2) is 5.96 Å². The van der Waals surface area contributed by atoms with Crippen molar-refractivity contribution in [3.8, 4) is 0 Å². The lowest BCUT2D eigenvalue weighted by molar-refractivity contribution is 0.0956. The van der Waals surface area contributed by atoms with Gasteiger partial charge in [-0.2, -0.15) is 0 Å². The molecule has 0 fully saturated rings. The van der Waals surface area contributed by atoms with E-state index in [-0.39, 0.29) is 5.91 Å². The lowest BCUT2D eigenvalue weighted by Crippen LogP contribution is -2.38. The molecule has 2 rings (SSSR count). The first-order valence-corrected chi connectivity index (χ1v) is 9.91. The second kappa shape index (κ2) is 10.2. The number of carbonyl (C=O) groups excluding carboxylic acids is 1. The highest BCUT2D eigenvalue weighted by Crippen LogP contribution is 2.15. The van der Waals surface area contributed by atoms with E-state index in [1.807, 2.05) is 51.5 Å². The first kappa shape index (κ1) is 21.0. The van der Waals surface area contributed by atoms with E-state index in [2.05, 4.69) is 49.0 Å². The molecule has 2 N–H and O–H groups in total. The third-order valence-corrected chi connectivity index (χ3v) is 4.57. The third kappa shape index (κ3) is 6.13. The Kier molecular flexibility index (Phi) is 7.91. The van der Waals surface area contributed by atoms with Crippen LogP contribution in [0.5, 0.6) is 0 Å². The van der Waals surface area contributed by atoms with Crippen molar-refractivity contribution in [3.05, 3.63) is 57.8 Å². The van der Waals surface area contributed by atoms with Gasteiger partial charge in [0.1, 0.15) is 0 Å². The van der Waals surface area contributed by atoms with Crippen LogP contribution in [0.3, 0.4) is 0 Å². The lowest BCUT2D eigenvalue weighted by Gasteiger charge is -2.22. The Balaban J connectivity index is 2.05. The Morgan fingerprint density at radius 3 is 2.41 bits per heavy atom. The molecule has 0 saturated heterocycles. The van der Waals surface area contributed by atoms with Gasteiger partial charge >= 0.3 is 0 Å². The number of hydrogen-bond acceptors (Lipinski definition) is 2. The summed E-state index contributed by atoms with van der Waals surface area (Å²) >= 11 is 3.51. The number of guanidine groups is 1. The molecule has 0 aliphatic rings. The van der Waals surface area contributed by atoms with Crippen LogP contribution in [0.2, 0.25) is 0 Å². The number of aliphatic imine (C=N–C) groups is 1. The van der Waals surface area contributed by atoms with Gasteiger partial charge in [-0.1, -0.05) is 12.1 Å². The lowest BCUT2D eigenvalue weighted by atomic mass is 10.1. The van der Waals surface area contributed by atoms with Crippen LogP contribution in [-0.4, -0.2) is 41.5 Å². The summed E-state index contributed by atoms with van der Waals surface area (Å²) in [5.41, 5.74) is 2.93. The summed E-state index contributed by atoms with van der Waals surface area (Å²) in [4.78, 5) is 18.7. The van der Waals surface area contributed by atoms with E-state index in [0.29, 0.717) is 18.7 Å².